The Morgan fingerprint density at radius 2 is 2.27 bits per heavy atom. The summed E-state index contributed by atoms with van der Waals surface area (Å²) in [5.41, 5.74) is 0. The van der Waals surface area contributed by atoms with E-state index in [1.54, 1.807) is 0 Å². The van der Waals surface area contributed by atoms with Crippen LogP contribution < -0.4 is 5.32 Å². The second-order valence-electron chi connectivity index (χ2n) is 4.82. The highest BCUT2D eigenvalue weighted by atomic mass is 15.2. The van der Waals surface area contributed by atoms with E-state index in [4.69, 9.17) is 6.42 Å². The molecule has 2 fully saturated rings. The Bertz CT molecular complexity index is 231. The molecule has 0 amide bonds. The first-order valence-electron chi connectivity index (χ1n) is 6.31. The Morgan fingerprint density at radius 1 is 1.33 bits per heavy atom. The molecule has 0 radical (unpaired) electrons. The van der Waals surface area contributed by atoms with Gasteiger partial charge in [-0.2, -0.15) is 0 Å². The zero-order chi connectivity index (χ0) is 10.5. The Hall–Kier alpha value is -0.520. The number of unbranched alkanes of at least 4 members (excludes halogenated alkanes) is 1. The average Bonchev–Trinajstić information content (AvgIpc) is 2.71. The summed E-state index contributed by atoms with van der Waals surface area (Å²) in [5, 5.41) is 3.65. The number of nitrogens with one attached hydrogen (secondary N) is 1. The third kappa shape index (κ3) is 2.96. The van der Waals surface area contributed by atoms with Crippen LogP contribution in [0.3, 0.4) is 0 Å². The van der Waals surface area contributed by atoms with Crippen LogP contribution in [0.5, 0.6) is 0 Å². The van der Waals surface area contributed by atoms with E-state index < -0.39 is 0 Å². The summed E-state index contributed by atoms with van der Waals surface area (Å²) in [5.74, 6) is 2.69. The van der Waals surface area contributed by atoms with Gasteiger partial charge in [0.25, 0.3) is 0 Å². The first-order valence-corrected chi connectivity index (χ1v) is 6.31. The molecule has 0 spiro atoms. The average molecular weight is 206 g/mol. The number of fused-ring (bicyclic) bond motifs is 1. The standard InChI is InChI=1S/C13H22N2/c1-2-3-4-8-14-12-7-10-15-9-5-6-13(15)11-12/h1,12-14H,3-11H2. The summed E-state index contributed by atoms with van der Waals surface area (Å²) < 4.78 is 0. The maximum Gasteiger partial charge on any atom is 0.0111 e. The lowest BCUT2D eigenvalue weighted by atomic mass is 9.97. The molecule has 0 saturated carbocycles. The van der Waals surface area contributed by atoms with Crippen LogP contribution in [0.1, 0.15) is 38.5 Å². The van der Waals surface area contributed by atoms with Gasteiger partial charge in [0.05, 0.1) is 0 Å². The molecule has 15 heavy (non-hydrogen) atoms. The van der Waals surface area contributed by atoms with Gasteiger partial charge < -0.3 is 10.2 Å². The fraction of sp³-hybridized carbons (Fsp3) is 0.846. The second kappa shape index (κ2) is 5.53. The van der Waals surface area contributed by atoms with Gasteiger partial charge in [0.15, 0.2) is 0 Å². The van der Waals surface area contributed by atoms with Crippen LogP contribution in [-0.2, 0) is 0 Å². The molecule has 0 aromatic rings. The van der Waals surface area contributed by atoms with E-state index in [1.807, 2.05) is 0 Å². The lowest BCUT2D eigenvalue weighted by Crippen LogP contribution is -2.45. The molecule has 0 aromatic carbocycles. The van der Waals surface area contributed by atoms with Gasteiger partial charge in [0.2, 0.25) is 0 Å². The zero-order valence-electron chi connectivity index (χ0n) is 9.54. The van der Waals surface area contributed by atoms with Crippen molar-refractivity contribution >= 4 is 0 Å². The van der Waals surface area contributed by atoms with Crippen LogP contribution in [0.15, 0.2) is 0 Å². The lowest BCUT2D eigenvalue weighted by molar-refractivity contribution is 0.167. The van der Waals surface area contributed by atoms with Crippen molar-refractivity contribution in [1.82, 2.24) is 10.2 Å². The summed E-state index contributed by atoms with van der Waals surface area (Å²) in [6.45, 7) is 3.74. The molecule has 2 rings (SSSR count). The van der Waals surface area contributed by atoms with Gasteiger partial charge in [-0.05, 0) is 51.7 Å². The van der Waals surface area contributed by atoms with Crippen molar-refractivity contribution in [1.29, 1.82) is 0 Å². The van der Waals surface area contributed by atoms with Gasteiger partial charge >= 0.3 is 0 Å². The fourth-order valence-corrected chi connectivity index (χ4v) is 2.91. The Morgan fingerprint density at radius 3 is 3.13 bits per heavy atom. The predicted octanol–water partition coefficient (Wildman–Crippen LogP) is 1.62. The van der Waals surface area contributed by atoms with Gasteiger partial charge in [-0.25, -0.2) is 0 Å². The summed E-state index contributed by atoms with van der Waals surface area (Å²) in [6.07, 6.45) is 12.8. The molecule has 1 N–H and O–H groups in total. The monoisotopic (exact) mass is 206 g/mol. The molecular formula is C13H22N2. The van der Waals surface area contributed by atoms with Crippen molar-refractivity contribution in [2.75, 3.05) is 19.6 Å². The van der Waals surface area contributed by atoms with Crippen molar-refractivity contribution in [3.63, 3.8) is 0 Å². The molecule has 0 bridgehead atoms. The van der Waals surface area contributed by atoms with Gasteiger partial charge in [-0.1, -0.05) is 0 Å². The molecule has 0 aliphatic carbocycles. The van der Waals surface area contributed by atoms with Crippen LogP contribution >= 0.6 is 0 Å². The van der Waals surface area contributed by atoms with Crippen molar-refractivity contribution < 1.29 is 0 Å². The van der Waals surface area contributed by atoms with Gasteiger partial charge in [0, 0.05) is 18.5 Å². The zero-order valence-corrected chi connectivity index (χ0v) is 9.54. The van der Waals surface area contributed by atoms with Gasteiger partial charge in [-0.15, -0.1) is 12.3 Å². The minimum atomic E-state index is 0.752. The van der Waals surface area contributed by atoms with E-state index in [9.17, 15) is 0 Å². The third-order valence-electron chi connectivity index (χ3n) is 3.75. The summed E-state index contributed by atoms with van der Waals surface area (Å²) in [6, 6.07) is 1.63. The third-order valence-corrected chi connectivity index (χ3v) is 3.75. The number of hydrogen-bond donors (Lipinski definition) is 1. The predicted molar refractivity (Wildman–Crippen MR) is 63.7 cm³/mol. The van der Waals surface area contributed by atoms with Crippen LogP contribution in [0, 0.1) is 12.3 Å². The van der Waals surface area contributed by atoms with Crippen LogP contribution in [0.2, 0.25) is 0 Å². The number of rotatable bonds is 4. The summed E-state index contributed by atoms with van der Waals surface area (Å²) in [7, 11) is 0. The van der Waals surface area contributed by atoms with E-state index in [0.29, 0.717) is 0 Å². The first-order chi connectivity index (χ1) is 7.40. The van der Waals surface area contributed by atoms with Crippen molar-refractivity contribution in [2.45, 2.75) is 50.6 Å². The molecule has 0 aromatic heterocycles. The maximum absolute atomic E-state index is 5.23. The highest BCUT2D eigenvalue weighted by molar-refractivity contribution is 4.89. The Labute approximate surface area is 93.4 Å². The quantitative estimate of drug-likeness (QED) is 0.555. The maximum atomic E-state index is 5.23. The summed E-state index contributed by atoms with van der Waals surface area (Å²) >= 11 is 0. The Kier molecular flexibility index (Phi) is 4.05. The molecule has 2 atom stereocenters. The largest absolute Gasteiger partial charge is 0.314 e. The highest BCUT2D eigenvalue weighted by Crippen LogP contribution is 2.26. The normalized spacial score (nSPS) is 31.1. The van der Waals surface area contributed by atoms with Crippen LogP contribution in [0.25, 0.3) is 0 Å². The minimum absolute atomic E-state index is 0.752. The molecule has 2 heterocycles. The molecular weight excluding hydrogens is 184 g/mol. The van der Waals surface area contributed by atoms with Crippen molar-refractivity contribution in [3.05, 3.63) is 0 Å². The topological polar surface area (TPSA) is 15.3 Å². The summed E-state index contributed by atoms with van der Waals surface area (Å²) in [4.78, 5) is 2.67. The van der Waals surface area contributed by atoms with E-state index >= 15 is 0 Å². The lowest BCUT2D eigenvalue weighted by Gasteiger charge is -2.35. The van der Waals surface area contributed by atoms with Crippen molar-refractivity contribution in [3.8, 4) is 12.3 Å². The molecule has 84 valence electrons. The Balaban J connectivity index is 1.65. The van der Waals surface area contributed by atoms with E-state index in [2.05, 4.69) is 16.1 Å². The minimum Gasteiger partial charge on any atom is -0.314 e. The molecule has 2 saturated heterocycles. The van der Waals surface area contributed by atoms with Crippen LogP contribution in [-0.4, -0.2) is 36.6 Å². The molecule has 2 unspecified atom stereocenters. The second-order valence-corrected chi connectivity index (χ2v) is 4.82. The van der Waals surface area contributed by atoms with Crippen LogP contribution in [0.4, 0.5) is 0 Å². The molecule has 2 heteroatoms. The van der Waals surface area contributed by atoms with Gasteiger partial charge in [-0.3, -0.25) is 0 Å². The van der Waals surface area contributed by atoms with E-state index in [1.165, 1.54) is 38.8 Å². The highest BCUT2D eigenvalue weighted by Gasteiger charge is 2.30. The number of hydrogen-bond acceptors (Lipinski definition) is 2. The van der Waals surface area contributed by atoms with E-state index in [-0.39, 0.29) is 0 Å². The molecule has 2 aliphatic heterocycles. The molecule has 2 nitrogen and oxygen atoms in total. The smallest absolute Gasteiger partial charge is 0.0111 e. The van der Waals surface area contributed by atoms with E-state index in [0.717, 1.165) is 31.5 Å². The number of terminal acetylenes is 1. The number of piperidine rings is 1. The van der Waals surface area contributed by atoms with Crippen molar-refractivity contribution in [2.24, 2.45) is 0 Å². The molecule has 2 aliphatic rings. The van der Waals surface area contributed by atoms with Gasteiger partial charge in [0.1, 0.15) is 0 Å². The SMILES string of the molecule is C#CCCCNC1CCN2CCCC2C1. The first kappa shape index (κ1) is 11.0. The fourth-order valence-electron chi connectivity index (χ4n) is 2.91. The number of nitrogens with zero attached hydrogens (tertiary/aromatic N) is 1.